The van der Waals surface area contributed by atoms with E-state index in [4.69, 9.17) is 17.0 Å². The fourth-order valence-electron chi connectivity index (χ4n) is 4.27. The lowest BCUT2D eigenvalue weighted by atomic mass is 9.90. The number of methoxy groups -OCH3 is 1. The number of piperidine rings is 1. The predicted octanol–water partition coefficient (Wildman–Crippen LogP) is 3.23. The van der Waals surface area contributed by atoms with Gasteiger partial charge in [0.05, 0.1) is 12.5 Å². The molecule has 1 aromatic heterocycles. The average molecular weight is 387 g/mol. The lowest BCUT2D eigenvalue weighted by Gasteiger charge is -2.35. The van der Waals surface area contributed by atoms with Crippen LogP contribution in [-0.4, -0.2) is 45.8 Å². The fraction of sp³-hybridized carbons (Fsp3) is 0.550. The van der Waals surface area contributed by atoms with E-state index in [1.165, 1.54) is 0 Å². The van der Waals surface area contributed by atoms with Gasteiger partial charge in [-0.05, 0) is 62.0 Å². The van der Waals surface area contributed by atoms with Crippen LogP contribution < -0.4 is 4.74 Å². The molecule has 2 aliphatic rings. The number of aromatic nitrogens is 3. The SMILES string of the molecule is COc1cc(C2(C(=O)N3CCCC(c4n[nH]c(=S)n4C)C3)CC2)ccc1C. The van der Waals surface area contributed by atoms with Gasteiger partial charge in [0.15, 0.2) is 4.77 Å². The molecule has 27 heavy (non-hydrogen) atoms. The molecular formula is C20H26N4O2S. The number of aromatic amines is 1. The molecule has 0 spiro atoms. The third-order valence-corrected chi connectivity index (χ3v) is 6.47. The van der Waals surface area contributed by atoms with Crippen molar-refractivity contribution in [2.75, 3.05) is 20.2 Å². The van der Waals surface area contributed by atoms with Crippen LogP contribution in [-0.2, 0) is 17.3 Å². The molecule has 1 saturated heterocycles. The third kappa shape index (κ3) is 3.08. The van der Waals surface area contributed by atoms with Crippen molar-refractivity contribution in [2.24, 2.45) is 7.05 Å². The first kappa shape index (κ1) is 18.2. The van der Waals surface area contributed by atoms with Crippen molar-refractivity contribution in [1.82, 2.24) is 19.7 Å². The molecule has 4 rings (SSSR count). The Morgan fingerprint density at radius 2 is 2.19 bits per heavy atom. The molecule has 0 radical (unpaired) electrons. The molecule has 7 heteroatoms. The Bertz CT molecular complexity index is 928. The molecule has 2 fully saturated rings. The number of hydrogen-bond acceptors (Lipinski definition) is 4. The minimum Gasteiger partial charge on any atom is -0.496 e. The summed E-state index contributed by atoms with van der Waals surface area (Å²) in [6, 6.07) is 6.18. The van der Waals surface area contributed by atoms with Gasteiger partial charge in [0, 0.05) is 26.1 Å². The zero-order valence-electron chi connectivity index (χ0n) is 16.1. The Balaban J connectivity index is 1.57. The number of hydrogen-bond donors (Lipinski definition) is 1. The fourth-order valence-corrected chi connectivity index (χ4v) is 4.41. The summed E-state index contributed by atoms with van der Waals surface area (Å²) in [5, 5.41) is 7.26. The molecule has 1 saturated carbocycles. The van der Waals surface area contributed by atoms with E-state index in [0.717, 1.165) is 54.9 Å². The highest BCUT2D eigenvalue weighted by molar-refractivity contribution is 7.71. The van der Waals surface area contributed by atoms with Gasteiger partial charge in [0.2, 0.25) is 5.91 Å². The van der Waals surface area contributed by atoms with Gasteiger partial charge >= 0.3 is 0 Å². The van der Waals surface area contributed by atoms with E-state index in [2.05, 4.69) is 22.3 Å². The van der Waals surface area contributed by atoms with Crippen molar-refractivity contribution in [3.05, 3.63) is 39.9 Å². The first-order valence-electron chi connectivity index (χ1n) is 9.52. The molecule has 1 unspecified atom stereocenters. The largest absolute Gasteiger partial charge is 0.496 e. The molecule has 2 aromatic rings. The van der Waals surface area contributed by atoms with Crippen LogP contribution in [0.2, 0.25) is 0 Å². The molecule has 1 aliphatic heterocycles. The quantitative estimate of drug-likeness (QED) is 0.820. The van der Waals surface area contributed by atoms with Crippen molar-refractivity contribution in [1.29, 1.82) is 0 Å². The molecular weight excluding hydrogens is 360 g/mol. The van der Waals surface area contributed by atoms with Crippen molar-refractivity contribution >= 4 is 18.1 Å². The van der Waals surface area contributed by atoms with Gasteiger partial charge in [-0.25, -0.2) is 0 Å². The van der Waals surface area contributed by atoms with Crippen LogP contribution in [0.4, 0.5) is 0 Å². The summed E-state index contributed by atoms with van der Waals surface area (Å²) in [5.41, 5.74) is 1.79. The van der Waals surface area contributed by atoms with Crippen molar-refractivity contribution in [2.45, 2.75) is 43.9 Å². The van der Waals surface area contributed by atoms with E-state index in [1.807, 2.05) is 29.5 Å². The van der Waals surface area contributed by atoms with Crippen molar-refractivity contribution < 1.29 is 9.53 Å². The highest BCUT2D eigenvalue weighted by atomic mass is 32.1. The van der Waals surface area contributed by atoms with Crippen LogP contribution in [0, 0.1) is 11.7 Å². The molecule has 144 valence electrons. The molecule has 1 amide bonds. The molecule has 1 aliphatic carbocycles. The number of carbonyl (C=O) groups excluding carboxylic acids is 1. The summed E-state index contributed by atoms with van der Waals surface area (Å²) < 4.78 is 8.02. The maximum absolute atomic E-state index is 13.5. The minimum atomic E-state index is -0.375. The predicted molar refractivity (Wildman–Crippen MR) is 106 cm³/mol. The Morgan fingerprint density at radius 3 is 2.81 bits per heavy atom. The monoisotopic (exact) mass is 386 g/mol. The van der Waals surface area contributed by atoms with E-state index in [1.54, 1.807) is 7.11 Å². The van der Waals surface area contributed by atoms with E-state index in [-0.39, 0.29) is 17.2 Å². The Labute approximate surface area is 164 Å². The van der Waals surface area contributed by atoms with Gasteiger partial charge in [-0.2, -0.15) is 5.10 Å². The first-order valence-corrected chi connectivity index (χ1v) is 9.93. The highest BCUT2D eigenvalue weighted by Gasteiger charge is 2.53. The zero-order chi connectivity index (χ0) is 19.2. The topological polar surface area (TPSA) is 63.1 Å². The average Bonchev–Trinajstić information content (AvgIpc) is 3.43. The van der Waals surface area contributed by atoms with Crippen molar-refractivity contribution in [3.63, 3.8) is 0 Å². The second-order valence-corrected chi connectivity index (χ2v) is 8.19. The number of carbonyl (C=O) groups is 1. The van der Waals surface area contributed by atoms with Gasteiger partial charge in [-0.3, -0.25) is 9.89 Å². The summed E-state index contributed by atoms with van der Waals surface area (Å²) in [6.07, 6.45) is 3.84. The molecule has 2 heterocycles. The molecule has 0 bridgehead atoms. The summed E-state index contributed by atoms with van der Waals surface area (Å²) in [4.78, 5) is 15.5. The highest BCUT2D eigenvalue weighted by Crippen LogP contribution is 2.51. The van der Waals surface area contributed by atoms with Crippen LogP contribution in [0.1, 0.15) is 48.6 Å². The number of nitrogens with one attached hydrogen (secondary N) is 1. The number of H-pyrrole nitrogens is 1. The van der Waals surface area contributed by atoms with Crippen LogP contribution in [0.5, 0.6) is 5.75 Å². The maximum atomic E-state index is 13.5. The second-order valence-electron chi connectivity index (χ2n) is 7.80. The lowest BCUT2D eigenvalue weighted by molar-refractivity contribution is -0.135. The number of aryl methyl sites for hydroxylation is 1. The Kier molecular flexibility index (Phi) is 4.58. The van der Waals surface area contributed by atoms with Gasteiger partial charge in [-0.15, -0.1) is 0 Å². The number of nitrogens with zero attached hydrogens (tertiary/aromatic N) is 3. The lowest BCUT2D eigenvalue weighted by Crippen LogP contribution is -2.45. The summed E-state index contributed by atoms with van der Waals surface area (Å²) in [7, 11) is 3.61. The molecule has 1 aromatic carbocycles. The van der Waals surface area contributed by atoms with Gasteiger partial charge < -0.3 is 14.2 Å². The number of ether oxygens (including phenoxy) is 1. The third-order valence-electron chi connectivity index (χ3n) is 6.11. The van der Waals surface area contributed by atoms with Crippen molar-refractivity contribution in [3.8, 4) is 5.75 Å². The molecule has 1 N–H and O–H groups in total. The van der Waals surface area contributed by atoms with E-state index < -0.39 is 0 Å². The number of amides is 1. The number of benzene rings is 1. The number of likely N-dealkylation sites (tertiary alicyclic amines) is 1. The standard InChI is InChI=1S/C20H26N4O2S/c1-13-6-7-15(11-16(13)26-3)20(8-9-20)18(25)24-10-4-5-14(12-24)17-21-22-19(27)23(17)2/h6-7,11,14H,4-5,8-10,12H2,1-3H3,(H,22,27). The van der Waals surface area contributed by atoms with Crippen LogP contribution in [0.3, 0.4) is 0 Å². The van der Waals surface area contributed by atoms with E-state index in [9.17, 15) is 4.79 Å². The van der Waals surface area contributed by atoms with Crippen LogP contribution in [0.15, 0.2) is 18.2 Å². The first-order chi connectivity index (χ1) is 13.0. The van der Waals surface area contributed by atoms with Gasteiger partial charge in [0.25, 0.3) is 0 Å². The summed E-state index contributed by atoms with van der Waals surface area (Å²) >= 11 is 5.24. The Morgan fingerprint density at radius 1 is 1.41 bits per heavy atom. The number of rotatable bonds is 4. The molecule has 1 atom stereocenters. The summed E-state index contributed by atoms with van der Waals surface area (Å²) in [5.74, 6) is 2.27. The van der Waals surface area contributed by atoms with Crippen LogP contribution in [0.25, 0.3) is 0 Å². The maximum Gasteiger partial charge on any atom is 0.233 e. The van der Waals surface area contributed by atoms with Crippen LogP contribution >= 0.6 is 12.2 Å². The second kappa shape index (κ2) is 6.78. The van der Waals surface area contributed by atoms with E-state index in [0.29, 0.717) is 11.3 Å². The normalized spacial score (nSPS) is 21.1. The van der Waals surface area contributed by atoms with E-state index >= 15 is 0 Å². The minimum absolute atomic E-state index is 0.226. The smallest absolute Gasteiger partial charge is 0.233 e. The molecule has 6 nitrogen and oxygen atoms in total. The summed E-state index contributed by atoms with van der Waals surface area (Å²) in [6.45, 7) is 3.54. The van der Waals surface area contributed by atoms with Gasteiger partial charge in [-0.1, -0.05) is 12.1 Å². The van der Waals surface area contributed by atoms with Gasteiger partial charge in [0.1, 0.15) is 11.6 Å². The Hall–Kier alpha value is -2.15. The zero-order valence-corrected chi connectivity index (χ0v) is 16.9.